The summed E-state index contributed by atoms with van der Waals surface area (Å²) >= 11 is 0. The second-order valence-electron chi connectivity index (χ2n) is 6.31. The Morgan fingerprint density at radius 1 is 1.31 bits per heavy atom. The third-order valence-electron chi connectivity index (χ3n) is 3.94. The van der Waals surface area contributed by atoms with E-state index >= 15 is 0 Å². The summed E-state index contributed by atoms with van der Waals surface area (Å²) in [6.45, 7) is 4.08. The minimum atomic E-state index is -4.31. The molecule has 0 amide bonds. The molecule has 26 heavy (non-hydrogen) atoms. The maximum Gasteiger partial charge on any atom is 0.416 e. The zero-order valence-corrected chi connectivity index (χ0v) is 15.2. The molecule has 0 saturated heterocycles. The molecule has 0 aliphatic rings. The Labute approximate surface area is 151 Å². The fourth-order valence-electron chi connectivity index (χ4n) is 2.59. The van der Waals surface area contributed by atoms with Gasteiger partial charge < -0.3 is 10.2 Å². The van der Waals surface area contributed by atoms with E-state index in [1.165, 1.54) is 12.1 Å². The van der Waals surface area contributed by atoms with Crippen LogP contribution in [0.2, 0.25) is 0 Å². The van der Waals surface area contributed by atoms with Gasteiger partial charge in [0.1, 0.15) is 0 Å². The first-order valence-electron chi connectivity index (χ1n) is 8.35. The number of rotatable bonds is 6. The van der Waals surface area contributed by atoms with Gasteiger partial charge in [0.2, 0.25) is 0 Å². The van der Waals surface area contributed by atoms with Crippen molar-refractivity contribution >= 4 is 5.96 Å². The monoisotopic (exact) mass is 367 g/mol. The predicted molar refractivity (Wildman–Crippen MR) is 95.7 cm³/mol. The third-order valence-corrected chi connectivity index (χ3v) is 3.94. The first kappa shape index (κ1) is 19.8. The lowest BCUT2D eigenvalue weighted by molar-refractivity contribution is -0.137. The van der Waals surface area contributed by atoms with Crippen LogP contribution in [0, 0.1) is 5.92 Å². The Morgan fingerprint density at radius 3 is 2.54 bits per heavy atom. The summed E-state index contributed by atoms with van der Waals surface area (Å²) in [4.78, 5) is 6.12. The molecule has 1 N–H and O–H groups in total. The van der Waals surface area contributed by atoms with Gasteiger partial charge in [-0.3, -0.25) is 9.67 Å². The van der Waals surface area contributed by atoms with E-state index < -0.39 is 11.7 Å². The normalized spacial score (nSPS) is 13.5. The van der Waals surface area contributed by atoms with Gasteiger partial charge in [-0.1, -0.05) is 19.1 Å². The summed E-state index contributed by atoms with van der Waals surface area (Å²) in [5.74, 6) is 1.03. The molecular formula is C18H24F3N5. The van der Waals surface area contributed by atoms with Crippen LogP contribution in [0.1, 0.15) is 18.1 Å². The summed E-state index contributed by atoms with van der Waals surface area (Å²) in [5.41, 5.74) is 0.145. The molecule has 5 nitrogen and oxygen atoms in total. The smallest absolute Gasteiger partial charge is 0.356 e. The maximum absolute atomic E-state index is 12.6. The highest BCUT2D eigenvalue weighted by Crippen LogP contribution is 2.29. The number of alkyl halides is 3. The zero-order valence-electron chi connectivity index (χ0n) is 15.2. The van der Waals surface area contributed by atoms with Crippen molar-refractivity contribution in [1.82, 2.24) is 20.0 Å². The van der Waals surface area contributed by atoms with Crippen LogP contribution in [0.25, 0.3) is 0 Å². The van der Waals surface area contributed by atoms with Gasteiger partial charge in [0, 0.05) is 46.1 Å². The quantitative estimate of drug-likeness (QED) is 0.630. The van der Waals surface area contributed by atoms with Crippen molar-refractivity contribution in [3.05, 3.63) is 53.9 Å². The standard InChI is InChI=1S/C18H24F3N5/c1-14(12-26-10-4-9-24-26)11-23-17(22-2)25(3)13-15-5-7-16(8-6-15)18(19,20)21/h4-10,14H,11-13H2,1-3H3,(H,22,23). The van der Waals surface area contributed by atoms with Gasteiger partial charge in [0.15, 0.2) is 5.96 Å². The van der Waals surface area contributed by atoms with Crippen LogP contribution in [0.4, 0.5) is 13.2 Å². The van der Waals surface area contributed by atoms with Crippen molar-refractivity contribution in [2.75, 3.05) is 20.6 Å². The highest BCUT2D eigenvalue weighted by atomic mass is 19.4. The molecule has 1 heterocycles. The number of hydrogen-bond acceptors (Lipinski definition) is 2. The summed E-state index contributed by atoms with van der Waals surface area (Å²) in [5, 5.41) is 7.48. The van der Waals surface area contributed by atoms with E-state index in [4.69, 9.17) is 0 Å². The van der Waals surface area contributed by atoms with Gasteiger partial charge in [-0.15, -0.1) is 0 Å². The Bertz CT molecular complexity index is 693. The summed E-state index contributed by atoms with van der Waals surface area (Å²) in [6.07, 6.45) is -0.647. The molecule has 0 spiro atoms. The van der Waals surface area contributed by atoms with Crippen LogP contribution in [0.3, 0.4) is 0 Å². The van der Waals surface area contributed by atoms with Crippen LogP contribution < -0.4 is 5.32 Å². The van der Waals surface area contributed by atoms with Crippen molar-refractivity contribution in [1.29, 1.82) is 0 Å². The molecule has 1 atom stereocenters. The molecule has 2 rings (SSSR count). The average molecular weight is 367 g/mol. The highest BCUT2D eigenvalue weighted by Gasteiger charge is 2.29. The van der Waals surface area contributed by atoms with Crippen LogP contribution in [-0.4, -0.2) is 41.3 Å². The summed E-state index contributed by atoms with van der Waals surface area (Å²) in [7, 11) is 3.54. The van der Waals surface area contributed by atoms with Crippen molar-refractivity contribution in [3.8, 4) is 0 Å². The maximum atomic E-state index is 12.6. The highest BCUT2D eigenvalue weighted by molar-refractivity contribution is 5.79. The van der Waals surface area contributed by atoms with E-state index in [1.807, 2.05) is 28.9 Å². The van der Waals surface area contributed by atoms with E-state index in [9.17, 15) is 13.2 Å². The lowest BCUT2D eigenvalue weighted by Gasteiger charge is -2.24. The fraction of sp³-hybridized carbons (Fsp3) is 0.444. The topological polar surface area (TPSA) is 45.5 Å². The van der Waals surface area contributed by atoms with Gasteiger partial charge in [-0.05, 0) is 29.7 Å². The minimum absolute atomic E-state index is 0.339. The Balaban J connectivity index is 1.87. The van der Waals surface area contributed by atoms with Crippen LogP contribution in [0.15, 0.2) is 47.7 Å². The number of aromatic nitrogens is 2. The van der Waals surface area contributed by atoms with Crippen LogP contribution in [-0.2, 0) is 19.3 Å². The largest absolute Gasteiger partial charge is 0.416 e. The second-order valence-corrected chi connectivity index (χ2v) is 6.31. The Hall–Kier alpha value is -2.51. The van der Waals surface area contributed by atoms with Gasteiger partial charge in [0.05, 0.1) is 5.56 Å². The average Bonchev–Trinajstić information content (AvgIpc) is 3.08. The zero-order chi connectivity index (χ0) is 19.2. The number of hydrogen-bond donors (Lipinski definition) is 1. The molecule has 1 aromatic carbocycles. The SMILES string of the molecule is CN=C(NCC(C)Cn1cccn1)N(C)Cc1ccc(C(F)(F)F)cc1. The van der Waals surface area contributed by atoms with Crippen LogP contribution >= 0.6 is 0 Å². The number of guanidine groups is 1. The fourth-order valence-corrected chi connectivity index (χ4v) is 2.59. The van der Waals surface area contributed by atoms with Crippen LogP contribution in [0.5, 0.6) is 0 Å². The lowest BCUT2D eigenvalue weighted by Crippen LogP contribution is -2.40. The molecule has 0 fully saturated rings. The molecule has 0 aliphatic heterocycles. The summed E-state index contributed by atoms with van der Waals surface area (Å²) < 4.78 is 39.8. The number of nitrogens with one attached hydrogen (secondary N) is 1. The third kappa shape index (κ3) is 5.79. The van der Waals surface area contributed by atoms with E-state index in [0.717, 1.165) is 24.2 Å². The molecular weight excluding hydrogens is 343 g/mol. The van der Waals surface area contributed by atoms with Crippen molar-refractivity contribution in [2.45, 2.75) is 26.2 Å². The minimum Gasteiger partial charge on any atom is -0.356 e. The van der Waals surface area contributed by atoms with Gasteiger partial charge >= 0.3 is 6.18 Å². The lowest BCUT2D eigenvalue weighted by atomic mass is 10.1. The number of aliphatic imine (C=N–C) groups is 1. The van der Waals surface area contributed by atoms with E-state index in [0.29, 0.717) is 25.0 Å². The van der Waals surface area contributed by atoms with Crippen molar-refractivity contribution < 1.29 is 13.2 Å². The predicted octanol–water partition coefficient (Wildman–Crippen LogP) is 3.25. The number of nitrogens with zero attached hydrogens (tertiary/aromatic N) is 4. The molecule has 8 heteroatoms. The number of benzene rings is 1. The molecule has 0 radical (unpaired) electrons. The molecule has 0 saturated carbocycles. The van der Waals surface area contributed by atoms with E-state index in [1.54, 1.807) is 13.2 Å². The van der Waals surface area contributed by atoms with Gasteiger partial charge in [-0.2, -0.15) is 18.3 Å². The molecule has 2 aromatic rings. The molecule has 1 unspecified atom stereocenters. The van der Waals surface area contributed by atoms with Gasteiger partial charge in [-0.25, -0.2) is 0 Å². The molecule has 0 bridgehead atoms. The molecule has 0 aliphatic carbocycles. The summed E-state index contributed by atoms with van der Waals surface area (Å²) in [6, 6.07) is 7.08. The van der Waals surface area contributed by atoms with E-state index in [2.05, 4.69) is 22.3 Å². The first-order chi connectivity index (χ1) is 12.3. The second kappa shape index (κ2) is 8.73. The Morgan fingerprint density at radius 2 is 2.00 bits per heavy atom. The van der Waals surface area contributed by atoms with Gasteiger partial charge in [0.25, 0.3) is 0 Å². The van der Waals surface area contributed by atoms with Crippen molar-refractivity contribution in [2.24, 2.45) is 10.9 Å². The molecule has 1 aromatic heterocycles. The number of halogens is 3. The van der Waals surface area contributed by atoms with E-state index in [-0.39, 0.29) is 0 Å². The molecule has 142 valence electrons. The Kier molecular flexibility index (Phi) is 6.65. The van der Waals surface area contributed by atoms with Crippen molar-refractivity contribution in [3.63, 3.8) is 0 Å². The first-order valence-corrected chi connectivity index (χ1v) is 8.35.